The molecular weight excluding hydrogens is 367 g/mol. The van der Waals surface area contributed by atoms with Gasteiger partial charge in [-0.2, -0.15) is 18.2 Å². The Morgan fingerprint density at radius 2 is 1.59 bits per heavy atom. The highest BCUT2D eigenvalue weighted by Crippen LogP contribution is 2.31. The molecule has 0 fully saturated rings. The number of aromatic nitrogens is 3. The maximum atomic E-state index is 12.4. The molecule has 144 valence electrons. The molecule has 2 aromatic heterocycles. The molecule has 7 nitrogen and oxygen atoms in total. The molecule has 0 bridgehead atoms. The first-order chi connectivity index (χ1) is 12.7. The lowest BCUT2D eigenvalue weighted by Crippen LogP contribution is -2.10. The van der Waals surface area contributed by atoms with Crippen molar-refractivity contribution in [2.45, 2.75) is 26.9 Å². The van der Waals surface area contributed by atoms with Crippen molar-refractivity contribution in [2.24, 2.45) is 0 Å². The fourth-order valence-electron chi connectivity index (χ4n) is 2.47. The van der Waals surface area contributed by atoms with E-state index >= 15 is 0 Å². The van der Waals surface area contributed by atoms with E-state index < -0.39 is 11.9 Å². The van der Waals surface area contributed by atoms with E-state index in [0.717, 1.165) is 16.7 Å². The molecule has 3 aromatic rings. The Labute approximate surface area is 152 Å². The second kappa shape index (κ2) is 7.29. The average molecular weight is 383 g/mol. The SMILES string of the molecule is Cc1nc(-c2cc(C)c(OCCOc3cc(C(F)(F)F)no3)c(C)c2)no1. The van der Waals surface area contributed by atoms with Crippen molar-refractivity contribution in [3.05, 3.63) is 40.9 Å². The predicted molar refractivity (Wildman–Crippen MR) is 86.4 cm³/mol. The van der Waals surface area contributed by atoms with E-state index in [1.807, 2.05) is 26.0 Å². The summed E-state index contributed by atoms with van der Waals surface area (Å²) < 4.78 is 57.6. The van der Waals surface area contributed by atoms with Crippen LogP contribution in [0.15, 0.2) is 27.2 Å². The van der Waals surface area contributed by atoms with Crippen molar-refractivity contribution in [3.63, 3.8) is 0 Å². The minimum atomic E-state index is -4.57. The Kier molecular flexibility index (Phi) is 5.06. The lowest BCUT2D eigenvalue weighted by Gasteiger charge is -2.13. The lowest BCUT2D eigenvalue weighted by atomic mass is 10.1. The van der Waals surface area contributed by atoms with Gasteiger partial charge < -0.3 is 18.5 Å². The summed E-state index contributed by atoms with van der Waals surface area (Å²) in [5, 5.41) is 6.79. The minimum Gasteiger partial charge on any atom is -0.489 e. The Morgan fingerprint density at radius 3 is 2.15 bits per heavy atom. The average Bonchev–Trinajstić information content (AvgIpc) is 3.22. The molecule has 0 amide bonds. The minimum absolute atomic E-state index is 0.00282. The summed E-state index contributed by atoms with van der Waals surface area (Å²) in [5.74, 6) is 1.29. The number of alkyl halides is 3. The first-order valence-electron chi connectivity index (χ1n) is 7.95. The number of rotatable bonds is 6. The standard InChI is InChI=1S/C17H16F3N3O4/c1-9-6-12(16-21-11(3)26-23-16)7-10(2)15(9)25-5-4-24-14-8-13(22-27-14)17(18,19)20/h6-8H,4-5H2,1-3H3. The number of nitrogens with zero attached hydrogens (tertiary/aromatic N) is 3. The Hall–Kier alpha value is -3.04. The molecule has 27 heavy (non-hydrogen) atoms. The van der Waals surface area contributed by atoms with Crippen LogP contribution in [0.4, 0.5) is 13.2 Å². The quantitative estimate of drug-likeness (QED) is 0.592. The van der Waals surface area contributed by atoms with E-state index in [0.29, 0.717) is 23.5 Å². The summed E-state index contributed by atoms with van der Waals surface area (Å²) in [6.45, 7) is 5.55. The van der Waals surface area contributed by atoms with Crippen LogP contribution in [-0.2, 0) is 6.18 Å². The molecule has 0 atom stereocenters. The number of halogens is 3. The third-order valence-electron chi connectivity index (χ3n) is 3.60. The first kappa shape index (κ1) is 18.7. The van der Waals surface area contributed by atoms with Gasteiger partial charge in [0.15, 0.2) is 5.69 Å². The normalized spacial score (nSPS) is 11.6. The fourth-order valence-corrected chi connectivity index (χ4v) is 2.47. The van der Waals surface area contributed by atoms with Gasteiger partial charge in [0, 0.05) is 12.5 Å². The molecule has 0 spiro atoms. The van der Waals surface area contributed by atoms with Crippen molar-refractivity contribution in [3.8, 4) is 23.1 Å². The maximum absolute atomic E-state index is 12.4. The topological polar surface area (TPSA) is 83.4 Å². The smallest absolute Gasteiger partial charge is 0.436 e. The zero-order chi connectivity index (χ0) is 19.6. The molecule has 0 aliphatic carbocycles. The van der Waals surface area contributed by atoms with Crippen LogP contribution >= 0.6 is 0 Å². The Bertz CT molecular complexity index is 911. The largest absolute Gasteiger partial charge is 0.489 e. The number of ether oxygens (including phenoxy) is 2. The highest BCUT2D eigenvalue weighted by Gasteiger charge is 2.35. The monoisotopic (exact) mass is 383 g/mol. The van der Waals surface area contributed by atoms with Crippen LogP contribution in [0.25, 0.3) is 11.4 Å². The molecule has 0 aliphatic heterocycles. The molecule has 0 saturated carbocycles. The molecule has 2 heterocycles. The summed E-state index contributed by atoms with van der Waals surface area (Å²) >= 11 is 0. The van der Waals surface area contributed by atoms with Crippen LogP contribution in [-0.4, -0.2) is 28.5 Å². The third kappa shape index (κ3) is 4.39. The van der Waals surface area contributed by atoms with Crippen molar-refractivity contribution in [1.82, 2.24) is 15.3 Å². The van der Waals surface area contributed by atoms with Crippen molar-refractivity contribution >= 4 is 0 Å². The van der Waals surface area contributed by atoms with Crippen molar-refractivity contribution in [2.75, 3.05) is 13.2 Å². The van der Waals surface area contributed by atoms with E-state index in [2.05, 4.69) is 19.8 Å². The van der Waals surface area contributed by atoms with Crippen molar-refractivity contribution in [1.29, 1.82) is 0 Å². The second-order valence-corrected chi connectivity index (χ2v) is 5.80. The summed E-state index contributed by atoms with van der Waals surface area (Å²) in [6.07, 6.45) is -4.57. The van der Waals surface area contributed by atoms with E-state index in [1.165, 1.54) is 0 Å². The summed E-state index contributed by atoms with van der Waals surface area (Å²) in [4.78, 5) is 4.19. The van der Waals surface area contributed by atoms with Gasteiger partial charge in [0.25, 0.3) is 0 Å². The van der Waals surface area contributed by atoms with Crippen LogP contribution in [0.5, 0.6) is 11.7 Å². The number of benzene rings is 1. The second-order valence-electron chi connectivity index (χ2n) is 5.80. The Balaban J connectivity index is 1.59. The fraction of sp³-hybridized carbons (Fsp3) is 0.353. The van der Waals surface area contributed by atoms with Gasteiger partial charge in [-0.3, -0.25) is 0 Å². The zero-order valence-electron chi connectivity index (χ0n) is 14.8. The molecule has 10 heteroatoms. The predicted octanol–water partition coefficient (Wildman–Crippen LogP) is 4.13. The number of hydrogen-bond donors (Lipinski definition) is 0. The van der Waals surface area contributed by atoms with Crippen molar-refractivity contribution < 1.29 is 31.7 Å². The third-order valence-corrected chi connectivity index (χ3v) is 3.60. The van der Waals surface area contributed by atoms with Crippen LogP contribution in [0.3, 0.4) is 0 Å². The van der Waals surface area contributed by atoms with E-state index in [4.69, 9.17) is 14.0 Å². The number of hydrogen-bond acceptors (Lipinski definition) is 7. The van der Waals surface area contributed by atoms with Crippen LogP contribution in [0, 0.1) is 20.8 Å². The lowest BCUT2D eigenvalue weighted by molar-refractivity contribution is -0.142. The molecule has 1 aromatic carbocycles. The van der Waals surface area contributed by atoms with Crippen LogP contribution in [0.2, 0.25) is 0 Å². The summed E-state index contributed by atoms with van der Waals surface area (Å²) in [5.41, 5.74) is 1.36. The van der Waals surface area contributed by atoms with E-state index in [9.17, 15) is 13.2 Å². The molecule has 0 aliphatic rings. The maximum Gasteiger partial charge on any atom is 0.436 e. The summed E-state index contributed by atoms with van der Waals surface area (Å²) in [6, 6.07) is 4.41. The first-order valence-corrected chi connectivity index (χ1v) is 7.95. The van der Waals surface area contributed by atoms with Gasteiger partial charge in [0.2, 0.25) is 11.7 Å². The van der Waals surface area contributed by atoms with Gasteiger partial charge in [-0.05, 0) is 37.1 Å². The van der Waals surface area contributed by atoms with Gasteiger partial charge >= 0.3 is 12.1 Å². The molecular formula is C17H16F3N3O4. The molecule has 0 radical (unpaired) electrons. The highest BCUT2D eigenvalue weighted by molar-refractivity contribution is 5.60. The molecule has 0 saturated heterocycles. The number of aryl methyl sites for hydroxylation is 3. The molecule has 0 unspecified atom stereocenters. The van der Waals surface area contributed by atoms with Crippen LogP contribution < -0.4 is 9.47 Å². The summed E-state index contributed by atoms with van der Waals surface area (Å²) in [7, 11) is 0. The molecule has 0 N–H and O–H groups in total. The molecule has 3 rings (SSSR count). The zero-order valence-corrected chi connectivity index (χ0v) is 14.8. The van der Waals surface area contributed by atoms with Gasteiger partial charge in [0.05, 0.1) is 6.07 Å². The van der Waals surface area contributed by atoms with E-state index in [1.54, 1.807) is 6.92 Å². The van der Waals surface area contributed by atoms with E-state index in [-0.39, 0.29) is 19.2 Å². The van der Waals surface area contributed by atoms with Crippen LogP contribution in [0.1, 0.15) is 22.7 Å². The van der Waals surface area contributed by atoms with Gasteiger partial charge in [0.1, 0.15) is 19.0 Å². The van der Waals surface area contributed by atoms with Gasteiger partial charge in [-0.1, -0.05) is 10.3 Å². The van der Waals surface area contributed by atoms with Gasteiger partial charge in [-0.15, -0.1) is 0 Å². The highest BCUT2D eigenvalue weighted by atomic mass is 19.4. The van der Waals surface area contributed by atoms with Gasteiger partial charge in [-0.25, -0.2) is 0 Å². The Morgan fingerprint density at radius 1 is 0.926 bits per heavy atom.